The Hall–Kier alpha value is -4.16. The van der Waals surface area contributed by atoms with E-state index in [1.165, 1.54) is 102 Å². The summed E-state index contributed by atoms with van der Waals surface area (Å²) in [5, 5.41) is 12.1. The highest BCUT2D eigenvalue weighted by Crippen LogP contribution is 2.48. The SMILES string of the molecule is CC(C)(C)c1cc2c3c4c(ccc3c1)=C(C1=CC3=C(CC1)C1=C(C=C(c5ccc6ccc7c8c6c5=CCC8CC(C(C)(C)C)C=7)CC1)CC3)CCC4CC=2. The van der Waals surface area contributed by atoms with Gasteiger partial charge < -0.3 is 0 Å². The van der Waals surface area contributed by atoms with E-state index in [1.54, 1.807) is 66.1 Å². The van der Waals surface area contributed by atoms with E-state index in [1.807, 2.05) is 0 Å². The van der Waals surface area contributed by atoms with Crippen molar-refractivity contribution in [1.82, 2.24) is 0 Å². The molecule has 7 aliphatic carbocycles. The van der Waals surface area contributed by atoms with Crippen LogP contribution in [-0.4, -0.2) is 0 Å². The van der Waals surface area contributed by atoms with Crippen LogP contribution in [-0.2, 0) is 5.41 Å². The van der Waals surface area contributed by atoms with Gasteiger partial charge in [0.2, 0.25) is 0 Å². The van der Waals surface area contributed by atoms with Crippen molar-refractivity contribution in [3.63, 3.8) is 0 Å². The predicted octanol–water partition coefficient (Wildman–Crippen LogP) is 11.6. The average Bonchev–Trinajstić information content (AvgIpc) is 3.17. The highest BCUT2D eigenvalue weighted by atomic mass is 14.4. The van der Waals surface area contributed by atoms with Crippen LogP contribution >= 0.6 is 0 Å². The molecule has 3 unspecified atom stereocenters. The van der Waals surface area contributed by atoms with Crippen LogP contribution < -0.4 is 20.9 Å². The summed E-state index contributed by atoms with van der Waals surface area (Å²) in [6.45, 7) is 14.3. The van der Waals surface area contributed by atoms with Gasteiger partial charge in [0.15, 0.2) is 0 Å². The van der Waals surface area contributed by atoms with Gasteiger partial charge in [-0.25, -0.2) is 0 Å². The molecule has 0 saturated carbocycles. The number of fused-ring (bicyclic) bond motifs is 1. The number of allylic oxidation sites excluding steroid dienone is 8. The van der Waals surface area contributed by atoms with Gasteiger partial charge >= 0.3 is 0 Å². The average molecular weight is 705 g/mol. The van der Waals surface area contributed by atoms with Crippen LogP contribution in [0, 0.1) is 11.3 Å². The molecule has 3 atom stereocenters. The molecule has 0 amide bonds. The maximum absolute atomic E-state index is 2.68. The van der Waals surface area contributed by atoms with Gasteiger partial charge in [-0.3, -0.25) is 0 Å². The highest BCUT2D eigenvalue weighted by molar-refractivity contribution is 5.94. The maximum Gasteiger partial charge on any atom is -0.00676 e. The Labute approximate surface area is 322 Å². The first-order valence-corrected chi connectivity index (χ1v) is 21.4. The van der Waals surface area contributed by atoms with Crippen molar-refractivity contribution >= 4 is 50.9 Å². The fraction of sp³-hybridized carbons (Fsp3) is 0.407. The minimum atomic E-state index is 0.163. The third kappa shape index (κ3) is 5.00. The maximum atomic E-state index is 2.68. The largest absolute Gasteiger partial charge is 0.0760 e. The second kappa shape index (κ2) is 11.7. The molecule has 0 heterocycles. The quantitative estimate of drug-likeness (QED) is 0.195. The molecule has 0 N–H and O–H groups in total. The van der Waals surface area contributed by atoms with Gasteiger partial charge in [-0.05, 0) is 203 Å². The van der Waals surface area contributed by atoms with Crippen molar-refractivity contribution in [2.24, 2.45) is 11.3 Å². The van der Waals surface area contributed by atoms with Crippen LogP contribution in [0.4, 0.5) is 0 Å². The van der Waals surface area contributed by atoms with Crippen LogP contribution in [0.5, 0.6) is 0 Å². The molecule has 0 nitrogen and oxygen atoms in total. The molecular weight excluding hydrogens is 649 g/mol. The summed E-state index contributed by atoms with van der Waals surface area (Å²) in [6, 6.07) is 19.6. The zero-order valence-electron chi connectivity index (χ0n) is 33.5. The minimum absolute atomic E-state index is 0.163. The minimum Gasteiger partial charge on any atom is -0.0760 e. The molecule has 0 heteroatoms. The van der Waals surface area contributed by atoms with Crippen LogP contribution in [0.15, 0.2) is 88.5 Å². The van der Waals surface area contributed by atoms with Crippen molar-refractivity contribution < 1.29 is 0 Å². The van der Waals surface area contributed by atoms with Gasteiger partial charge in [-0.15, -0.1) is 0 Å². The summed E-state index contributed by atoms with van der Waals surface area (Å²) in [5.74, 6) is 1.96. The molecule has 0 aromatic heterocycles. The van der Waals surface area contributed by atoms with Crippen molar-refractivity contribution in [1.29, 1.82) is 0 Å². The molecule has 11 rings (SSSR count). The van der Waals surface area contributed by atoms with E-state index in [9.17, 15) is 0 Å². The summed E-state index contributed by atoms with van der Waals surface area (Å²) < 4.78 is 0. The zero-order chi connectivity index (χ0) is 36.7. The topological polar surface area (TPSA) is 0 Å². The first-order chi connectivity index (χ1) is 26.0. The summed E-state index contributed by atoms with van der Waals surface area (Å²) in [7, 11) is 0. The Morgan fingerprint density at radius 2 is 1.30 bits per heavy atom. The van der Waals surface area contributed by atoms with Crippen molar-refractivity contribution in [3.8, 4) is 0 Å². The van der Waals surface area contributed by atoms with E-state index in [2.05, 4.69) is 120 Å². The molecule has 0 radical (unpaired) electrons. The van der Waals surface area contributed by atoms with E-state index in [4.69, 9.17) is 0 Å². The smallest absolute Gasteiger partial charge is 0.00676 e. The van der Waals surface area contributed by atoms with E-state index in [0.717, 1.165) is 6.42 Å². The molecule has 4 aromatic rings. The molecule has 0 bridgehead atoms. The summed E-state index contributed by atoms with van der Waals surface area (Å²) in [5.41, 5.74) is 18.3. The summed E-state index contributed by atoms with van der Waals surface area (Å²) in [6.07, 6.45) is 26.4. The molecule has 0 saturated heterocycles. The van der Waals surface area contributed by atoms with Crippen LogP contribution in [0.25, 0.3) is 50.9 Å². The lowest BCUT2D eigenvalue weighted by Gasteiger charge is -2.37. The number of benzene rings is 4. The molecule has 0 aliphatic heterocycles. The Morgan fingerprint density at radius 1 is 0.574 bits per heavy atom. The van der Waals surface area contributed by atoms with Gasteiger partial charge in [0, 0.05) is 0 Å². The molecule has 4 aromatic carbocycles. The molecule has 272 valence electrons. The normalized spacial score (nSPS) is 24.3. The fourth-order valence-corrected chi connectivity index (χ4v) is 12.0. The van der Waals surface area contributed by atoms with Gasteiger partial charge in [0.05, 0.1) is 0 Å². The monoisotopic (exact) mass is 704 g/mol. The standard InChI is InChI=1S/C54H56/c1-53(2,3)41-27-37-11-7-31-13-19-45(47-23-17-39(29-41)49(37)51(31)47)35-15-21-43-33(25-35)9-10-34-26-36(16-22-44(34)43)46-20-14-32-8-12-38-28-42(54(4,5)6)30-40-18-24-48(46)52(32)50(38)40/h7,11-13,18-19,23-28,30,32,39,41H,8-10,14-17,20-22,29H2,1-6H3. The third-order valence-electron chi connectivity index (χ3n) is 15.0. The van der Waals surface area contributed by atoms with Crippen molar-refractivity contribution in [3.05, 3.63) is 132 Å². The number of hydrogen-bond acceptors (Lipinski definition) is 0. The van der Waals surface area contributed by atoms with Crippen LogP contribution in [0.3, 0.4) is 0 Å². The second-order valence-electron chi connectivity index (χ2n) is 20.1. The first-order valence-electron chi connectivity index (χ1n) is 21.4. The molecule has 0 fully saturated rings. The van der Waals surface area contributed by atoms with E-state index >= 15 is 0 Å². The lowest BCUT2D eigenvalue weighted by Crippen LogP contribution is -2.33. The van der Waals surface area contributed by atoms with E-state index in [0.29, 0.717) is 23.2 Å². The summed E-state index contributed by atoms with van der Waals surface area (Å²) in [4.78, 5) is 0. The Bertz CT molecular complexity index is 2750. The van der Waals surface area contributed by atoms with Gasteiger partial charge in [-0.2, -0.15) is 0 Å². The molecular formula is C54H56. The fourth-order valence-electron chi connectivity index (χ4n) is 12.0. The van der Waals surface area contributed by atoms with E-state index < -0.39 is 0 Å². The van der Waals surface area contributed by atoms with Gasteiger partial charge in [0.25, 0.3) is 0 Å². The van der Waals surface area contributed by atoms with Gasteiger partial charge in [0.1, 0.15) is 0 Å². The number of rotatable bonds is 2. The highest BCUT2D eigenvalue weighted by Gasteiger charge is 2.34. The lowest BCUT2D eigenvalue weighted by molar-refractivity contribution is 0.274. The van der Waals surface area contributed by atoms with Crippen LogP contribution in [0.1, 0.15) is 146 Å². The predicted molar refractivity (Wildman–Crippen MR) is 231 cm³/mol. The Balaban J connectivity index is 0.971. The van der Waals surface area contributed by atoms with Crippen molar-refractivity contribution in [2.45, 2.75) is 129 Å². The first kappa shape index (κ1) is 33.2. The molecule has 7 aliphatic rings. The second-order valence-corrected chi connectivity index (χ2v) is 20.1. The zero-order valence-corrected chi connectivity index (χ0v) is 33.5. The molecule has 54 heavy (non-hydrogen) atoms. The summed E-state index contributed by atoms with van der Waals surface area (Å²) >= 11 is 0. The van der Waals surface area contributed by atoms with Crippen LogP contribution in [0.2, 0.25) is 0 Å². The number of hydrogen-bond donors (Lipinski definition) is 0. The van der Waals surface area contributed by atoms with Gasteiger partial charge in [-0.1, -0.05) is 120 Å². The Kier molecular flexibility index (Phi) is 7.18. The van der Waals surface area contributed by atoms with E-state index in [-0.39, 0.29) is 5.41 Å². The lowest BCUT2D eigenvalue weighted by atomic mass is 9.68. The third-order valence-corrected chi connectivity index (χ3v) is 15.0. The molecule has 0 spiro atoms. The Morgan fingerprint density at radius 3 is 2.07 bits per heavy atom. The van der Waals surface area contributed by atoms with Crippen molar-refractivity contribution in [2.75, 3.05) is 0 Å².